The van der Waals surface area contributed by atoms with Gasteiger partial charge in [0.2, 0.25) is 0 Å². The van der Waals surface area contributed by atoms with Crippen LogP contribution in [0.4, 0.5) is 5.69 Å². The number of amides is 1. The summed E-state index contributed by atoms with van der Waals surface area (Å²) < 4.78 is 0. The average molecular weight is 331 g/mol. The number of thioether (sulfide) groups is 1. The summed E-state index contributed by atoms with van der Waals surface area (Å²) >= 11 is 7.04. The van der Waals surface area contributed by atoms with E-state index in [4.69, 9.17) is 16.7 Å². The molecule has 1 N–H and O–H groups in total. The smallest absolute Gasteiger partial charge is 0.327 e. The molecule has 1 heterocycles. The summed E-state index contributed by atoms with van der Waals surface area (Å²) in [5.41, 5.74) is -0.333. The normalized spacial score (nSPS) is 21.3. The van der Waals surface area contributed by atoms with E-state index >= 15 is 0 Å². The van der Waals surface area contributed by atoms with Crippen LogP contribution in [0, 0.1) is 10.1 Å². The van der Waals surface area contributed by atoms with Gasteiger partial charge in [0.15, 0.2) is 0 Å². The number of aliphatic carboxylic acids is 1. The number of hydrogen-bond acceptors (Lipinski definition) is 5. The van der Waals surface area contributed by atoms with Crippen molar-refractivity contribution >= 4 is 40.9 Å². The van der Waals surface area contributed by atoms with Gasteiger partial charge in [-0.1, -0.05) is 11.6 Å². The number of benzene rings is 1. The fourth-order valence-corrected chi connectivity index (χ4v) is 3.43. The Morgan fingerprint density at radius 1 is 1.52 bits per heavy atom. The zero-order chi connectivity index (χ0) is 15.7. The van der Waals surface area contributed by atoms with E-state index in [-0.39, 0.29) is 27.4 Å². The highest BCUT2D eigenvalue weighted by molar-refractivity contribution is 8.00. The first-order valence-electron chi connectivity index (χ1n) is 5.94. The Labute approximate surface area is 129 Å². The Hall–Kier alpha value is -1.80. The molecule has 1 aliphatic rings. The minimum Gasteiger partial charge on any atom is -0.480 e. The number of nitro benzene ring substituents is 1. The molecule has 0 bridgehead atoms. The van der Waals surface area contributed by atoms with E-state index < -0.39 is 22.8 Å². The minimum atomic E-state index is -1.09. The topological polar surface area (TPSA) is 101 Å². The molecule has 1 saturated heterocycles. The molecule has 0 aliphatic carbocycles. The Balaban J connectivity index is 2.37. The van der Waals surface area contributed by atoms with Crippen LogP contribution in [0.2, 0.25) is 5.02 Å². The predicted octanol–water partition coefficient (Wildman–Crippen LogP) is 2.24. The summed E-state index contributed by atoms with van der Waals surface area (Å²) in [5, 5.41) is 19.6. The van der Waals surface area contributed by atoms with Crippen LogP contribution >= 0.6 is 23.4 Å². The number of nitrogens with zero attached hydrogens (tertiary/aromatic N) is 2. The van der Waals surface area contributed by atoms with Gasteiger partial charge < -0.3 is 10.0 Å². The summed E-state index contributed by atoms with van der Waals surface area (Å²) in [6, 6.07) is 2.74. The zero-order valence-corrected chi connectivity index (χ0v) is 12.4. The molecule has 1 amide bonds. The van der Waals surface area contributed by atoms with Gasteiger partial charge in [0.05, 0.1) is 10.3 Å². The zero-order valence-electron chi connectivity index (χ0n) is 10.9. The van der Waals surface area contributed by atoms with Crippen molar-refractivity contribution in [1.82, 2.24) is 4.90 Å². The second-order valence-corrected chi connectivity index (χ2v) is 6.18. The van der Waals surface area contributed by atoms with Crippen molar-refractivity contribution in [2.75, 3.05) is 5.75 Å². The lowest BCUT2D eigenvalue weighted by Gasteiger charge is -2.25. The van der Waals surface area contributed by atoms with Crippen LogP contribution in [-0.4, -0.2) is 44.0 Å². The van der Waals surface area contributed by atoms with E-state index in [1.54, 1.807) is 6.92 Å². The van der Waals surface area contributed by atoms with Crippen LogP contribution in [-0.2, 0) is 4.79 Å². The minimum absolute atomic E-state index is 0.0479. The molecule has 2 atom stereocenters. The highest BCUT2D eigenvalue weighted by Gasteiger charge is 2.40. The number of hydrogen-bond donors (Lipinski definition) is 1. The Bertz CT molecular complexity index is 624. The van der Waals surface area contributed by atoms with E-state index in [1.807, 2.05) is 0 Å². The van der Waals surface area contributed by atoms with Crippen molar-refractivity contribution in [2.45, 2.75) is 18.3 Å². The molecule has 0 spiro atoms. The summed E-state index contributed by atoms with van der Waals surface area (Å²) in [6.45, 7) is 1.72. The van der Waals surface area contributed by atoms with Crippen LogP contribution in [0.1, 0.15) is 17.3 Å². The van der Waals surface area contributed by atoms with Crippen molar-refractivity contribution in [3.05, 3.63) is 38.9 Å². The molecule has 9 heteroatoms. The van der Waals surface area contributed by atoms with Gasteiger partial charge in [0, 0.05) is 17.4 Å². The number of carboxylic acid groups (broad SMARTS) is 1. The van der Waals surface area contributed by atoms with Gasteiger partial charge in [-0.15, -0.1) is 11.8 Å². The van der Waals surface area contributed by atoms with Gasteiger partial charge >= 0.3 is 5.97 Å². The highest BCUT2D eigenvalue weighted by Crippen LogP contribution is 2.32. The number of carboxylic acids is 1. The standard InChI is InChI=1S/C12H11ClN2O5S/c1-6-14(10(5-21-6)12(17)18)11(16)7-2-3-8(13)9(4-7)15(19)20/h2-4,6,10H,5H2,1H3,(H,17,18). The first kappa shape index (κ1) is 15.6. The van der Waals surface area contributed by atoms with Crippen LogP contribution in [0.15, 0.2) is 18.2 Å². The maximum Gasteiger partial charge on any atom is 0.327 e. The van der Waals surface area contributed by atoms with Crippen LogP contribution < -0.4 is 0 Å². The first-order valence-corrected chi connectivity index (χ1v) is 7.36. The second-order valence-electron chi connectivity index (χ2n) is 4.42. The fourth-order valence-electron chi connectivity index (χ4n) is 2.08. The largest absolute Gasteiger partial charge is 0.480 e. The lowest BCUT2D eigenvalue weighted by Crippen LogP contribution is -2.44. The van der Waals surface area contributed by atoms with Crippen molar-refractivity contribution in [3.8, 4) is 0 Å². The molecule has 0 radical (unpaired) electrons. The van der Waals surface area contributed by atoms with E-state index in [1.165, 1.54) is 28.8 Å². The molecular weight excluding hydrogens is 320 g/mol. The predicted molar refractivity (Wildman–Crippen MR) is 77.6 cm³/mol. The van der Waals surface area contributed by atoms with Crippen LogP contribution in [0.3, 0.4) is 0 Å². The third-order valence-electron chi connectivity index (χ3n) is 3.13. The van der Waals surface area contributed by atoms with E-state index in [0.29, 0.717) is 0 Å². The van der Waals surface area contributed by atoms with Gasteiger partial charge in [-0.3, -0.25) is 14.9 Å². The summed E-state index contributed by atoms with van der Waals surface area (Å²) in [6.07, 6.45) is 0. The van der Waals surface area contributed by atoms with Crippen molar-refractivity contribution in [2.24, 2.45) is 0 Å². The molecule has 1 fully saturated rings. The molecule has 1 aromatic rings. The third-order valence-corrected chi connectivity index (χ3v) is 4.67. The number of rotatable bonds is 3. The highest BCUT2D eigenvalue weighted by atomic mass is 35.5. The SMILES string of the molecule is CC1SCC(C(=O)O)N1C(=O)c1ccc(Cl)c([N+](=O)[O-])c1. The van der Waals surface area contributed by atoms with E-state index in [9.17, 15) is 19.7 Å². The number of carbonyl (C=O) groups excluding carboxylic acids is 1. The van der Waals surface area contributed by atoms with Crippen molar-refractivity contribution in [1.29, 1.82) is 0 Å². The van der Waals surface area contributed by atoms with Crippen molar-refractivity contribution in [3.63, 3.8) is 0 Å². The Morgan fingerprint density at radius 3 is 2.76 bits per heavy atom. The van der Waals surface area contributed by atoms with Crippen molar-refractivity contribution < 1.29 is 19.6 Å². The fraction of sp³-hybridized carbons (Fsp3) is 0.333. The number of halogens is 1. The lowest BCUT2D eigenvalue weighted by atomic mass is 10.1. The van der Waals surface area contributed by atoms with Gasteiger partial charge in [-0.2, -0.15) is 0 Å². The van der Waals surface area contributed by atoms with Gasteiger partial charge in [-0.05, 0) is 19.1 Å². The molecule has 7 nitrogen and oxygen atoms in total. The summed E-state index contributed by atoms with van der Waals surface area (Å²) in [5.74, 6) is -1.36. The van der Waals surface area contributed by atoms with E-state index in [0.717, 1.165) is 6.07 Å². The van der Waals surface area contributed by atoms with E-state index in [2.05, 4.69) is 0 Å². The van der Waals surface area contributed by atoms with Gasteiger partial charge in [0.25, 0.3) is 11.6 Å². The molecule has 0 saturated carbocycles. The molecule has 1 aromatic carbocycles. The first-order chi connectivity index (χ1) is 9.82. The van der Waals surface area contributed by atoms with Gasteiger partial charge in [-0.25, -0.2) is 4.79 Å². The van der Waals surface area contributed by atoms with Gasteiger partial charge in [0.1, 0.15) is 11.1 Å². The average Bonchev–Trinajstić information content (AvgIpc) is 2.80. The molecule has 112 valence electrons. The molecule has 2 unspecified atom stereocenters. The maximum absolute atomic E-state index is 12.4. The third kappa shape index (κ3) is 2.96. The summed E-state index contributed by atoms with van der Waals surface area (Å²) in [7, 11) is 0. The Morgan fingerprint density at radius 2 is 2.19 bits per heavy atom. The molecule has 0 aromatic heterocycles. The molecule has 1 aliphatic heterocycles. The summed E-state index contributed by atoms with van der Waals surface area (Å²) in [4.78, 5) is 35.0. The quantitative estimate of drug-likeness (QED) is 0.673. The lowest BCUT2D eigenvalue weighted by molar-refractivity contribution is -0.384. The molecule has 2 rings (SSSR count). The number of nitro groups is 1. The van der Waals surface area contributed by atoms with Crippen LogP contribution in [0.5, 0.6) is 0 Å². The Kier molecular flexibility index (Phi) is 4.38. The van der Waals surface area contributed by atoms with Crippen LogP contribution in [0.25, 0.3) is 0 Å². The molecular formula is C12H11ClN2O5S. The monoisotopic (exact) mass is 330 g/mol. The second kappa shape index (κ2) is 5.90. The maximum atomic E-state index is 12.4. The molecule has 21 heavy (non-hydrogen) atoms. The number of carbonyl (C=O) groups is 2.